The van der Waals surface area contributed by atoms with E-state index in [0.29, 0.717) is 6.04 Å². The van der Waals surface area contributed by atoms with Crippen LogP contribution in [0.2, 0.25) is 0 Å². The first-order chi connectivity index (χ1) is 8.77. The summed E-state index contributed by atoms with van der Waals surface area (Å²) < 4.78 is 3.31. The fourth-order valence-electron chi connectivity index (χ4n) is 2.57. The molecule has 3 nitrogen and oxygen atoms in total. The predicted octanol–water partition coefficient (Wildman–Crippen LogP) is 3.27. The first-order valence-corrected chi connectivity index (χ1v) is 7.06. The van der Waals surface area contributed by atoms with Gasteiger partial charge in [-0.3, -0.25) is 0 Å². The van der Waals surface area contributed by atoms with Crippen LogP contribution in [0.4, 0.5) is 0 Å². The van der Waals surface area contributed by atoms with Gasteiger partial charge in [-0.05, 0) is 25.5 Å². The van der Waals surface area contributed by atoms with Gasteiger partial charge in [-0.2, -0.15) is 0 Å². The van der Waals surface area contributed by atoms with Crippen LogP contribution in [-0.2, 0) is 7.05 Å². The minimum Gasteiger partial charge on any atom is -0.330 e. The third-order valence-electron chi connectivity index (χ3n) is 3.55. The van der Waals surface area contributed by atoms with Crippen LogP contribution in [0.5, 0.6) is 0 Å². The van der Waals surface area contributed by atoms with E-state index < -0.39 is 0 Å². The molecule has 94 valence electrons. The maximum atomic E-state index is 4.59. The van der Waals surface area contributed by atoms with E-state index in [0.717, 1.165) is 22.5 Å². The monoisotopic (exact) mass is 305 g/mol. The normalized spacial score (nSPS) is 19.3. The molecule has 0 aliphatic carbocycles. The number of hydrogen-bond acceptors (Lipinski definition) is 2. The Balaban J connectivity index is 2.02. The molecule has 1 aliphatic heterocycles. The molecule has 0 radical (unpaired) electrons. The summed E-state index contributed by atoms with van der Waals surface area (Å²) in [6, 6.07) is 8.68. The van der Waals surface area contributed by atoms with E-state index in [1.54, 1.807) is 0 Å². The van der Waals surface area contributed by atoms with Crippen LogP contribution in [0, 0.1) is 0 Å². The Morgan fingerprint density at radius 3 is 2.94 bits per heavy atom. The van der Waals surface area contributed by atoms with Crippen molar-refractivity contribution in [3.05, 3.63) is 40.8 Å². The quantitative estimate of drug-likeness (QED) is 0.923. The third kappa shape index (κ3) is 1.99. The van der Waals surface area contributed by atoms with Gasteiger partial charge in [0, 0.05) is 17.1 Å². The fraction of sp³-hybridized carbons (Fsp3) is 0.357. The van der Waals surface area contributed by atoms with Gasteiger partial charge in [-0.25, -0.2) is 4.98 Å². The second-order valence-electron chi connectivity index (χ2n) is 4.69. The lowest BCUT2D eigenvalue weighted by Gasteiger charge is -2.12. The van der Waals surface area contributed by atoms with Crippen LogP contribution in [0.25, 0.3) is 11.3 Å². The molecule has 3 rings (SSSR count). The summed E-state index contributed by atoms with van der Waals surface area (Å²) >= 11 is 3.60. The van der Waals surface area contributed by atoms with Crippen molar-refractivity contribution in [2.45, 2.75) is 18.9 Å². The topological polar surface area (TPSA) is 29.9 Å². The Morgan fingerprint density at radius 1 is 1.39 bits per heavy atom. The molecule has 2 aromatic rings. The van der Waals surface area contributed by atoms with Crippen molar-refractivity contribution in [2.75, 3.05) is 6.54 Å². The average Bonchev–Trinajstić information content (AvgIpc) is 2.99. The van der Waals surface area contributed by atoms with Gasteiger partial charge in [0.05, 0.1) is 17.9 Å². The standard InChI is InChI=1S/C14H16BrN3/c1-18-13(10-5-2-3-6-11(10)15)9-17-14(18)12-7-4-8-16-12/h2-3,5-6,9,12,16H,4,7-8H2,1H3. The molecule has 18 heavy (non-hydrogen) atoms. The molecule has 0 amide bonds. The second-order valence-corrected chi connectivity index (χ2v) is 5.54. The lowest BCUT2D eigenvalue weighted by molar-refractivity contribution is 0.581. The zero-order valence-corrected chi connectivity index (χ0v) is 11.9. The van der Waals surface area contributed by atoms with E-state index in [4.69, 9.17) is 0 Å². The van der Waals surface area contributed by atoms with E-state index in [2.05, 4.69) is 56.0 Å². The van der Waals surface area contributed by atoms with Crippen LogP contribution in [0.3, 0.4) is 0 Å². The Labute approximate surface area is 115 Å². The van der Waals surface area contributed by atoms with Crippen LogP contribution >= 0.6 is 15.9 Å². The van der Waals surface area contributed by atoms with E-state index >= 15 is 0 Å². The average molecular weight is 306 g/mol. The van der Waals surface area contributed by atoms with Crippen molar-refractivity contribution >= 4 is 15.9 Å². The van der Waals surface area contributed by atoms with E-state index in [-0.39, 0.29) is 0 Å². The number of aromatic nitrogens is 2. The molecule has 0 bridgehead atoms. The van der Waals surface area contributed by atoms with Gasteiger partial charge in [-0.15, -0.1) is 0 Å². The molecule has 1 atom stereocenters. The Morgan fingerprint density at radius 2 is 2.22 bits per heavy atom. The molecule has 0 spiro atoms. The van der Waals surface area contributed by atoms with Gasteiger partial charge in [0.25, 0.3) is 0 Å². The van der Waals surface area contributed by atoms with Crippen LogP contribution in [0.15, 0.2) is 34.9 Å². The van der Waals surface area contributed by atoms with Crippen molar-refractivity contribution in [3.63, 3.8) is 0 Å². The fourth-order valence-corrected chi connectivity index (χ4v) is 3.06. The minimum absolute atomic E-state index is 0.409. The molecule has 0 saturated carbocycles. The van der Waals surface area contributed by atoms with E-state index in [1.807, 2.05) is 12.3 Å². The van der Waals surface area contributed by atoms with Gasteiger partial charge in [0.15, 0.2) is 0 Å². The third-order valence-corrected chi connectivity index (χ3v) is 4.24. The zero-order chi connectivity index (χ0) is 12.5. The van der Waals surface area contributed by atoms with Crippen LogP contribution in [-0.4, -0.2) is 16.1 Å². The van der Waals surface area contributed by atoms with Crippen molar-refractivity contribution in [2.24, 2.45) is 7.05 Å². The first kappa shape index (κ1) is 11.9. The number of nitrogens with zero attached hydrogens (tertiary/aromatic N) is 2. The largest absolute Gasteiger partial charge is 0.330 e. The molecule has 1 aromatic carbocycles. The Kier molecular flexibility index (Phi) is 3.22. The molecular weight excluding hydrogens is 290 g/mol. The zero-order valence-electron chi connectivity index (χ0n) is 10.4. The summed E-state index contributed by atoms with van der Waals surface area (Å²) in [6.45, 7) is 1.10. The number of imidazole rings is 1. The first-order valence-electron chi connectivity index (χ1n) is 6.27. The summed E-state index contributed by atoms with van der Waals surface area (Å²) in [5.41, 5.74) is 2.35. The van der Waals surface area contributed by atoms with E-state index in [1.165, 1.54) is 18.4 Å². The highest BCUT2D eigenvalue weighted by Gasteiger charge is 2.22. The number of nitrogens with one attached hydrogen (secondary N) is 1. The molecule has 1 fully saturated rings. The van der Waals surface area contributed by atoms with Crippen molar-refractivity contribution in [3.8, 4) is 11.3 Å². The van der Waals surface area contributed by atoms with Gasteiger partial charge < -0.3 is 9.88 Å². The minimum atomic E-state index is 0.409. The van der Waals surface area contributed by atoms with Gasteiger partial charge in [-0.1, -0.05) is 34.1 Å². The number of hydrogen-bond donors (Lipinski definition) is 1. The highest BCUT2D eigenvalue weighted by molar-refractivity contribution is 9.10. The molecule has 1 aromatic heterocycles. The van der Waals surface area contributed by atoms with Gasteiger partial charge >= 0.3 is 0 Å². The SMILES string of the molecule is Cn1c(-c2ccccc2Br)cnc1C1CCCN1. The van der Waals surface area contributed by atoms with Crippen molar-refractivity contribution in [1.82, 2.24) is 14.9 Å². The maximum absolute atomic E-state index is 4.59. The molecule has 1 aliphatic rings. The van der Waals surface area contributed by atoms with Crippen molar-refractivity contribution in [1.29, 1.82) is 0 Å². The number of halogens is 1. The second kappa shape index (κ2) is 4.86. The molecule has 2 heterocycles. The summed E-state index contributed by atoms with van der Waals surface area (Å²) in [4.78, 5) is 4.59. The summed E-state index contributed by atoms with van der Waals surface area (Å²) in [6.07, 6.45) is 4.39. The Hall–Kier alpha value is -1.13. The molecule has 1 unspecified atom stereocenters. The van der Waals surface area contributed by atoms with Crippen molar-refractivity contribution < 1.29 is 0 Å². The molecule has 1 saturated heterocycles. The summed E-state index contributed by atoms with van der Waals surface area (Å²) in [7, 11) is 2.09. The van der Waals surface area contributed by atoms with Crippen LogP contribution < -0.4 is 5.32 Å². The summed E-state index contributed by atoms with van der Waals surface area (Å²) in [5, 5.41) is 3.50. The van der Waals surface area contributed by atoms with Gasteiger partial charge in [0.2, 0.25) is 0 Å². The Bertz CT molecular complexity index is 556. The van der Waals surface area contributed by atoms with Crippen LogP contribution in [0.1, 0.15) is 24.7 Å². The number of benzene rings is 1. The number of rotatable bonds is 2. The summed E-state index contributed by atoms with van der Waals surface area (Å²) in [5.74, 6) is 1.14. The van der Waals surface area contributed by atoms with E-state index in [9.17, 15) is 0 Å². The lowest BCUT2D eigenvalue weighted by atomic mass is 10.1. The molecular formula is C14H16BrN3. The molecule has 1 N–H and O–H groups in total. The predicted molar refractivity (Wildman–Crippen MR) is 76.3 cm³/mol. The van der Waals surface area contributed by atoms with Gasteiger partial charge in [0.1, 0.15) is 5.82 Å². The maximum Gasteiger partial charge on any atom is 0.126 e. The smallest absolute Gasteiger partial charge is 0.126 e. The lowest BCUT2D eigenvalue weighted by Crippen LogP contribution is -2.17. The highest BCUT2D eigenvalue weighted by atomic mass is 79.9. The highest BCUT2D eigenvalue weighted by Crippen LogP contribution is 2.30. The molecule has 4 heteroatoms.